The predicted octanol–water partition coefficient (Wildman–Crippen LogP) is 14.4. The zero-order chi connectivity index (χ0) is 54.4. The summed E-state index contributed by atoms with van der Waals surface area (Å²) in [6.07, 6.45) is 9.33. The molecule has 0 aromatic carbocycles. The molecule has 0 aromatic heterocycles. The zero-order valence-electron chi connectivity index (χ0n) is 49.7. The zero-order valence-corrected chi connectivity index (χ0v) is 52.7. The van der Waals surface area contributed by atoms with E-state index >= 15 is 0 Å². The molecule has 10 nitrogen and oxygen atoms in total. The van der Waals surface area contributed by atoms with Crippen LogP contribution < -0.4 is 0 Å². The molecular weight excluding hydrogens is 965 g/mol. The van der Waals surface area contributed by atoms with Crippen molar-refractivity contribution in [2.45, 2.75) is 307 Å². The van der Waals surface area contributed by atoms with Gasteiger partial charge in [0, 0.05) is 25.7 Å². The number of carbonyl (C=O) groups excluding carboxylic acids is 2. The molecule has 5 saturated heterocycles. The van der Waals surface area contributed by atoms with Crippen molar-refractivity contribution in [3.8, 4) is 0 Å². The first-order chi connectivity index (χ1) is 33.6. The number of carbonyl (C=O) groups is 2. The molecule has 8 heterocycles. The number of ether oxygens (including phenoxy) is 5. The van der Waals surface area contributed by atoms with Crippen molar-refractivity contribution >= 4 is 36.5 Å². The number of rotatable bonds is 9. The Morgan fingerprint density at radius 2 is 1.21 bits per heavy atom. The number of hydrogen-bond acceptors (Lipinski definition) is 10. The molecule has 13 heteroatoms. The van der Waals surface area contributed by atoms with Crippen LogP contribution in [0.4, 0.5) is 0 Å². The van der Waals surface area contributed by atoms with E-state index in [1.165, 1.54) is 0 Å². The first-order valence-electron chi connectivity index (χ1n) is 29.0. The highest BCUT2D eigenvalue weighted by molar-refractivity contribution is 6.75. The normalized spacial score (nSPS) is 38.2. The highest BCUT2D eigenvalue weighted by atomic mass is 28.4. The Labute approximate surface area is 448 Å². The van der Waals surface area contributed by atoms with Crippen LogP contribution in [0.5, 0.6) is 0 Å². The fourth-order valence-corrected chi connectivity index (χ4v) is 15.3. The van der Waals surface area contributed by atoms with E-state index in [9.17, 15) is 9.59 Å². The van der Waals surface area contributed by atoms with Crippen LogP contribution in [-0.2, 0) is 46.6 Å². The minimum atomic E-state index is -2.54. The lowest BCUT2D eigenvalue weighted by molar-refractivity contribution is -0.266. The minimum absolute atomic E-state index is 0.0333. The lowest BCUT2D eigenvalue weighted by Gasteiger charge is -2.56. The van der Waals surface area contributed by atoms with Gasteiger partial charge in [-0.2, -0.15) is 0 Å². The van der Waals surface area contributed by atoms with Crippen molar-refractivity contribution in [3.05, 3.63) is 36.5 Å². The maximum Gasteiger partial charge on any atom is 0.193 e. The summed E-state index contributed by atoms with van der Waals surface area (Å²) in [7, 11) is -7.52. The predicted molar refractivity (Wildman–Crippen MR) is 304 cm³/mol. The largest absolute Gasteiger partial charge is 0.408 e. The topological polar surface area (TPSA) is 108 Å². The summed E-state index contributed by atoms with van der Waals surface area (Å²) in [5.41, 5.74) is 2.22. The molecular formula is C60H106O10Si3. The smallest absolute Gasteiger partial charge is 0.193 e. The van der Waals surface area contributed by atoms with E-state index in [0.29, 0.717) is 56.8 Å². The van der Waals surface area contributed by atoms with Gasteiger partial charge in [-0.15, -0.1) is 0 Å². The molecule has 0 aliphatic carbocycles. The van der Waals surface area contributed by atoms with E-state index in [1.54, 1.807) is 6.08 Å². The summed E-state index contributed by atoms with van der Waals surface area (Å²) in [6, 6.07) is 0. The van der Waals surface area contributed by atoms with Crippen LogP contribution >= 0.6 is 0 Å². The molecule has 8 aliphatic rings. The minimum Gasteiger partial charge on any atom is -0.408 e. The van der Waals surface area contributed by atoms with Crippen molar-refractivity contribution in [3.63, 3.8) is 0 Å². The Bertz CT molecular complexity index is 1940. The highest BCUT2D eigenvalue weighted by Crippen LogP contribution is 2.49. The van der Waals surface area contributed by atoms with Gasteiger partial charge >= 0.3 is 0 Å². The van der Waals surface area contributed by atoms with E-state index in [-0.39, 0.29) is 87.3 Å². The molecule has 0 radical (unpaired) electrons. The van der Waals surface area contributed by atoms with Crippen molar-refractivity contribution < 1.29 is 46.6 Å². The summed E-state index contributed by atoms with van der Waals surface area (Å²) < 4.78 is 58.3. The molecule has 73 heavy (non-hydrogen) atoms. The van der Waals surface area contributed by atoms with Crippen LogP contribution in [0, 0.1) is 23.7 Å². The quantitative estimate of drug-likeness (QED) is 0.164. The maximum absolute atomic E-state index is 14.8. The van der Waals surface area contributed by atoms with Gasteiger partial charge in [-0.25, -0.2) is 0 Å². The second-order valence-corrected chi connectivity index (χ2v) is 42.9. The van der Waals surface area contributed by atoms with E-state index in [4.69, 9.17) is 37.0 Å². The van der Waals surface area contributed by atoms with Gasteiger partial charge in [0.05, 0.1) is 54.9 Å². The van der Waals surface area contributed by atoms with Crippen molar-refractivity contribution in [1.82, 2.24) is 0 Å². The summed E-state index contributed by atoms with van der Waals surface area (Å²) in [6.45, 7) is 52.4. The lowest BCUT2D eigenvalue weighted by Crippen LogP contribution is -2.69. The van der Waals surface area contributed by atoms with E-state index < -0.39 is 55.5 Å². The van der Waals surface area contributed by atoms with Crippen LogP contribution in [0.3, 0.4) is 0 Å². The maximum atomic E-state index is 14.8. The van der Waals surface area contributed by atoms with Gasteiger partial charge in [0.25, 0.3) is 0 Å². The average Bonchev–Trinajstić information content (AvgIpc) is 3.77. The molecule has 0 amide bonds. The molecule has 418 valence electrons. The van der Waals surface area contributed by atoms with Crippen molar-refractivity contribution in [2.75, 3.05) is 0 Å². The van der Waals surface area contributed by atoms with E-state index in [0.717, 1.165) is 49.7 Å². The molecule has 0 saturated carbocycles. The molecule has 3 unspecified atom stereocenters. The van der Waals surface area contributed by atoms with Gasteiger partial charge in [-0.05, 0) is 147 Å². The average molecular weight is 1070 g/mol. The Morgan fingerprint density at radius 1 is 0.644 bits per heavy atom. The number of hydrogen-bond donors (Lipinski definition) is 0. The molecule has 8 bridgehead atoms. The molecule has 5 fully saturated rings. The standard InChI is InChI=1S/C60H106O10Si3/c1-22-37(2)31-51-41(6)47-35-43(62)34-46-27-30-49-54(65-46)56(69-72(18,19)59(10,11)12)57(70-73(20,21)60(13,14)15)55(67-49)50(68-71(16,17)58(7,8)9)28-24-42(61)23-25-44-33-39(4)48(63-44)29-26-45-32-38(3)40(5)52(64-45)36-53(47)66-51/h24,28,37-38,41,44-57H,4-5,22-23,25-27,29-36H2,1-3,6-21H3/b28-24+/t37-,38-,41-,44?,45+,46?,47-,48+,49+,50+,51-,52?,53+,54+,55+,56+,57-/m1/s1. The molecule has 17 atom stereocenters. The SMILES string of the molecule is C=C1C2C[C@@H]3O[C@H](C[C@H](C)CC)[C@H](C)[C@H]3CC(=O)CC3CC[C@@H]4O[C@H]([C@@H](O[Si](C)(C)C(C)(C)C)[C@@H](O[Si](C)(C)C(C)(C)C)[C@H]4O3)[C@@H](O[Si](C)(C)C(C)(C)C)/C=C/C(=O)CCC3CC(=C)[C@H](CC[C@@H](C[C@H]1C)O2)O3. The Balaban J connectivity index is 1.42. The van der Waals surface area contributed by atoms with Gasteiger partial charge in [-0.3, -0.25) is 9.59 Å². The fourth-order valence-electron chi connectivity index (χ4n) is 11.5. The van der Waals surface area contributed by atoms with Crippen molar-refractivity contribution in [2.24, 2.45) is 23.7 Å². The lowest BCUT2D eigenvalue weighted by atomic mass is 9.78. The van der Waals surface area contributed by atoms with Crippen LogP contribution in [0.15, 0.2) is 36.5 Å². The molecule has 0 spiro atoms. The number of fused-ring (bicyclic) bond motifs is 2. The monoisotopic (exact) mass is 1070 g/mol. The summed E-state index contributed by atoms with van der Waals surface area (Å²) in [5.74, 6) is 1.36. The summed E-state index contributed by atoms with van der Waals surface area (Å²) >= 11 is 0. The summed E-state index contributed by atoms with van der Waals surface area (Å²) in [5, 5.41) is -0.363. The molecule has 8 rings (SSSR count). The molecule has 8 aliphatic heterocycles. The van der Waals surface area contributed by atoms with Crippen molar-refractivity contribution in [1.29, 1.82) is 0 Å². The van der Waals surface area contributed by atoms with Gasteiger partial charge in [0.15, 0.2) is 30.7 Å². The number of ketones is 2. The van der Waals surface area contributed by atoms with Gasteiger partial charge < -0.3 is 37.0 Å². The van der Waals surface area contributed by atoms with E-state index in [2.05, 4.69) is 142 Å². The fraction of sp³-hybridized carbons (Fsp3) is 0.867. The number of allylic oxidation sites excluding steroid dienone is 1. The molecule has 0 N–H and O–H groups in total. The highest BCUT2D eigenvalue weighted by Gasteiger charge is 2.58. The third kappa shape index (κ3) is 14.8. The van der Waals surface area contributed by atoms with Crippen LogP contribution in [0.2, 0.25) is 54.4 Å². The number of Topliss-reactive ketones (excluding diaryl/α,β-unsaturated/α-hetero) is 1. The van der Waals surface area contributed by atoms with Gasteiger partial charge in [0.1, 0.15) is 30.2 Å². The second kappa shape index (κ2) is 23.7. The molecule has 0 aromatic rings. The van der Waals surface area contributed by atoms with Crippen LogP contribution in [0.25, 0.3) is 0 Å². The van der Waals surface area contributed by atoms with Crippen LogP contribution in [-0.4, -0.2) is 116 Å². The third-order valence-corrected chi connectivity index (χ3v) is 33.3. The van der Waals surface area contributed by atoms with Gasteiger partial charge in [0.2, 0.25) is 0 Å². The second-order valence-electron chi connectivity index (χ2n) is 28.6. The first-order valence-corrected chi connectivity index (χ1v) is 37.7. The summed E-state index contributed by atoms with van der Waals surface area (Å²) in [4.78, 5) is 28.9. The van der Waals surface area contributed by atoms with Crippen LogP contribution in [0.1, 0.15) is 173 Å². The Hall–Kier alpha value is -1.11. The van der Waals surface area contributed by atoms with Gasteiger partial charge in [-0.1, -0.05) is 116 Å². The van der Waals surface area contributed by atoms with E-state index in [1.807, 2.05) is 6.08 Å². The first kappa shape index (κ1) is 61.1. The Kier molecular flexibility index (Phi) is 19.8. The Morgan fingerprint density at radius 3 is 1.81 bits per heavy atom. The third-order valence-electron chi connectivity index (χ3n) is 19.9.